The van der Waals surface area contributed by atoms with Gasteiger partial charge in [-0.25, -0.2) is 0 Å². The Hall–Kier alpha value is -0.400. The Morgan fingerprint density at radius 3 is 2.36 bits per heavy atom. The van der Waals surface area contributed by atoms with E-state index in [0.29, 0.717) is 0 Å². The van der Waals surface area contributed by atoms with E-state index in [2.05, 4.69) is 47.5 Å². The van der Waals surface area contributed by atoms with E-state index in [-0.39, 0.29) is 5.41 Å². The fourth-order valence-corrected chi connectivity index (χ4v) is 0.886. The van der Waals surface area contributed by atoms with Crippen molar-refractivity contribution in [2.45, 2.75) is 26.7 Å². The molecule has 11 heavy (non-hydrogen) atoms. The highest BCUT2D eigenvalue weighted by Crippen LogP contribution is 2.23. The van der Waals surface area contributed by atoms with Crippen molar-refractivity contribution in [2.24, 2.45) is 5.41 Å². The van der Waals surface area contributed by atoms with E-state index in [1.807, 2.05) is 0 Å². The van der Waals surface area contributed by atoms with Gasteiger partial charge in [-0.05, 0) is 5.41 Å². The van der Waals surface area contributed by atoms with Gasteiger partial charge in [-0.1, -0.05) is 35.7 Å². The van der Waals surface area contributed by atoms with Crippen LogP contribution in [-0.4, -0.2) is 5.33 Å². The van der Waals surface area contributed by atoms with Gasteiger partial charge < -0.3 is 0 Å². The fraction of sp³-hybridized carbons (Fsp3) is 0.600. The summed E-state index contributed by atoms with van der Waals surface area (Å²) in [4.78, 5) is 0. The number of hydrogen-bond acceptors (Lipinski definition) is 0. The van der Waals surface area contributed by atoms with E-state index < -0.39 is 0 Å². The smallest absolute Gasteiger partial charge is 0.0645 e. The average Bonchev–Trinajstić information content (AvgIpc) is 1.87. The first-order valence-corrected chi connectivity index (χ1v) is 4.70. The van der Waals surface area contributed by atoms with Crippen molar-refractivity contribution in [2.75, 3.05) is 5.33 Å². The van der Waals surface area contributed by atoms with Gasteiger partial charge in [-0.3, -0.25) is 0 Å². The molecule has 0 saturated carbocycles. The molecule has 0 heterocycles. The van der Waals surface area contributed by atoms with E-state index in [9.17, 15) is 0 Å². The van der Waals surface area contributed by atoms with Gasteiger partial charge in [-0.15, -0.1) is 18.3 Å². The molecule has 0 aromatic carbocycles. The second kappa shape index (κ2) is 5.28. The molecule has 0 rings (SSSR count). The van der Waals surface area contributed by atoms with Crippen LogP contribution < -0.4 is 0 Å². The van der Waals surface area contributed by atoms with E-state index >= 15 is 0 Å². The van der Waals surface area contributed by atoms with Gasteiger partial charge in [0.25, 0.3) is 0 Å². The van der Waals surface area contributed by atoms with Gasteiger partial charge in [-0.2, -0.15) is 0 Å². The molecule has 0 aromatic heterocycles. The second-order valence-corrected chi connectivity index (χ2v) is 3.77. The van der Waals surface area contributed by atoms with Crippen LogP contribution in [0.3, 0.4) is 0 Å². The number of hydrogen-bond donors (Lipinski definition) is 0. The minimum absolute atomic E-state index is 0.171. The maximum Gasteiger partial charge on any atom is 0.0645 e. The van der Waals surface area contributed by atoms with Crippen molar-refractivity contribution in [3.63, 3.8) is 0 Å². The molecule has 0 bridgehead atoms. The maximum atomic E-state index is 5.21. The molecule has 1 heteroatoms. The standard InChI is InChI=1S/C10H13Br/c1-4-7-10(2,3)8-5-6-9-11/h1H,7-9H2,2-3H3. The zero-order valence-corrected chi connectivity index (χ0v) is 8.66. The molecule has 60 valence electrons. The Morgan fingerprint density at radius 1 is 1.27 bits per heavy atom. The highest BCUT2D eigenvalue weighted by Gasteiger charge is 2.13. The molecule has 0 unspecified atom stereocenters. The molecule has 0 spiro atoms. The van der Waals surface area contributed by atoms with Crippen molar-refractivity contribution < 1.29 is 0 Å². The summed E-state index contributed by atoms with van der Waals surface area (Å²) in [5.41, 5.74) is 0.171. The summed E-state index contributed by atoms with van der Waals surface area (Å²) in [7, 11) is 0. The number of alkyl halides is 1. The van der Waals surface area contributed by atoms with Crippen LogP contribution in [0.25, 0.3) is 0 Å². The molecule has 0 atom stereocenters. The van der Waals surface area contributed by atoms with E-state index in [4.69, 9.17) is 6.42 Å². The van der Waals surface area contributed by atoms with Gasteiger partial charge in [0.15, 0.2) is 0 Å². The molecule has 0 N–H and O–H groups in total. The van der Waals surface area contributed by atoms with Gasteiger partial charge in [0.2, 0.25) is 0 Å². The van der Waals surface area contributed by atoms with E-state index in [1.165, 1.54) is 0 Å². The first-order valence-electron chi connectivity index (χ1n) is 3.57. The lowest BCUT2D eigenvalue weighted by molar-refractivity contribution is 0.390. The normalized spacial score (nSPS) is 9.64. The van der Waals surface area contributed by atoms with Crippen molar-refractivity contribution in [1.29, 1.82) is 0 Å². The molecule has 0 radical (unpaired) electrons. The molecule has 0 fully saturated rings. The van der Waals surface area contributed by atoms with Crippen LogP contribution in [0.2, 0.25) is 0 Å². The lowest BCUT2D eigenvalue weighted by atomic mass is 9.86. The van der Waals surface area contributed by atoms with Crippen LogP contribution in [-0.2, 0) is 0 Å². The maximum absolute atomic E-state index is 5.21. The third-order valence-electron chi connectivity index (χ3n) is 1.34. The summed E-state index contributed by atoms with van der Waals surface area (Å²) in [6, 6.07) is 0. The Kier molecular flexibility index (Phi) is 5.08. The minimum atomic E-state index is 0.171. The van der Waals surface area contributed by atoms with Crippen molar-refractivity contribution in [1.82, 2.24) is 0 Å². The Balaban J connectivity index is 3.83. The van der Waals surface area contributed by atoms with Crippen LogP contribution >= 0.6 is 15.9 Å². The number of halogens is 1. The van der Waals surface area contributed by atoms with Crippen LogP contribution in [0.5, 0.6) is 0 Å². The lowest BCUT2D eigenvalue weighted by Crippen LogP contribution is -2.08. The Morgan fingerprint density at radius 2 is 1.91 bits per heavy atom. The lowest BCUT2D eigenvalue weighted by Gasteiger charge is -2.17. The SMILES string of the molecule is C#CCC(C)(C)CC#CCBr. The monoisotopic (exact) mass is 212 g/mol. The molecule has 0 aromatic rings. The van der Waals surface area contributed by atoms with Crippen molar-refractivity contribution >= 4 is 15.9 Å². The van der Waals surface area contributed by atoms with Crippen LogP contribution in [0.4, 0.5) is 0 Å². The van der Waals surface area contributed by atoms with Crippen molar-refractivity contribution in [3.8, 4) is 24.2 Å². The van der Waals surface area contributed by atoms with Crippen LogP contribution in [0.15, 0.2) is 0 Å². The summed E-state index contributed by atoms with van der Waals surface area (Å²) >= 11 is 3.24. The highest BCUT2D eigenvalue weighted by atomic mass is 79.9. The minimum Gasteiger partial charge on any atom is -0.120 e. The predicted molar refractivity (Wildman–Crippen MR) is 53.4 cm³/mol. The zero-order chi connectivity index (χ0) is 8.74. The number of rotatable bonds is 2. The second-order valence-electron chi connectivity index (χ2n) is 3.21. The largest absolute Gasteiger partial charge is 0.120 e. The summed E-state index contributed by atoms with van der Waals surface area (Å²) in [6.07, 6.45) is 6.88. The number of terminal acetylenes is 1. The third-order valence-corrected chi connectivity index (χ3v) is 1.62. The van der Waals surface area contributed by atoms with E-state index in [1.54, 1.807) is 0 Å². The van der Waals surface area contributed by atoms with Crippen LogP contribution in [0, 0.1) is 29.6 Å². The molecule has 0 amide bonds. The molecule has 0 saturated heterocycles. The highest BCUT2D eigenvalue weighted by molar-refractivity contribution is 9.09. The predicted octanol–water partition coefficient (Wildman–Crippen LogP) is 2.82. The molecule has 0 nitrogen and oxygen atoms in total. The summed E-state index contributed by atoms with van der Waals surface area (Å²) in [5.74, 6) is 8.68. The molecular weight excluding hydrogens is 200 g/mol. The first-order chi connectivity index (χ1) is 5.12. The Labute approximate surface area is 77.9 Å². The Bertz CT molecular complexity index is 197. The molecule has 0 aliphatic carbocycles. The summed E-state index contributed by atoms with van der Waals surface area (Å²) < 4.78 is 0. The molecular formula is C10H13Br. The van der Waals surface area contributed by atoms with Crippen molar-refractivity contribution in [3.05, 3.63) is 0 Å². The molecule has 0 aliphatic rings. The zero-order valence-electron chi connectivity index (χ0n) is 7.08. The summed E-state index contributed by atoms with van der Waals surface area (Å²) in [6.45, 7) is 4.27. The topological polar surface area (TPSA) is 0 Å². The van der Waals surface area contributed by atoms with Gasteiger partial charge in [0.1, 0.15) is 0 Å². The van der Waals surface area contributed by atoms with Gasteiger partial charge >= 0.3 is 0 Å². The summed E-state index contributed by atoms with van der Waals surface area (Å²) in [5, 5.41) is 0.749. The average molecular weight is 213 g/mol. The molecule has 0 aliphatic heterocycles. The fourth-order valence-electron chi connectivity index (χ4n) is 0.688. The van der Waals surface area contributed by atoms with Gasteiger partial charge in [0, 0.05) is 12.8 Å². The quantitative estimate of drug-likeness (QED) is 0.488. The van der Waals surface area contributed by atoms with E-state index in [0.717, 1.165) is 18.2 Å². The van der Waals surface area contributed by atoms with Gasteiger partial charge in [0.05, 0.1) is 5.33 Å². The van der Waals surface area contributed by atoms with Crippen LogP contribution in [0.1, 0.15) is 26.7 Å². The first kappa shape index (κ1) is 10.6. The third kappa shape index (κ3) is 6.02.